The molecule has 0 N–H and O–H groups in total. The van der Waals surface area contributed by atoms with Gasteiger partial charge in [0.2, 0.25) is 0 Å². The smallest absolute Gasteiger partial charge is 0.0752 e. The predicted molar refractivity (Wildman–Crippen MR) is 56.4 cm³/mol. The quantitative estimate of drug-likeness (QED) is 0.586. The Labute approximate surface area is 77.1 Å². The number of allylic oxidation sites excluding steroid dienone is 3. The maximum Gasteiger partial charge on any atom is 0.0752 e. The molecule has 0 amide bonds. The van der Waals surface area contributed by atoms with Crippen molar-refractivity contribution in [3.05, 3.63) is 24.3 Å². The van der Waals surface area contributed by atoms with Crippen LogP contribution in [0, 0.1) is 0 Å². The summed E-state index contributed by atoms with van der Waals surface area (Å²) in [4.78, 5) is 0. The molecular weight excluding hydrogens is 148 g/mol. The average Bonchev–Trinajstić information content (AvgIpc) is 2.16. The van der Waals surface area contributed by atoms with Crippen molar-refractivity contribution in [2.75, 3.05) is 7.11 Å². The molecule has 1 heteroatoms. The van der Waals surface area contributed by atoms with E-state index in [0.717, 1.165) is 6.42 Å². The number of rotatable bonds is 4. The lowest BCUT2D eigenvalue weighted by molar-refractivity contribution is 0.138. The Morgan fingerprint density at radius 2 is 1.83 bits per heavy atom. The van der Waals surface area contributed by atoms with Gasteiger partial charge < -0.3 is 4.74 Å². The first-order valence-corrected chi connectivity index (χ1v) is 4.67. The molecule has 0 rings (SSSR count). The van der Waals surface area contributed by atoms with Gasteiger partial charge in [-0.3, -0.25) is 0 Å². The van der Waals surface area contributed by atoms with Crippen LogP contribution in [0.1, 0.15) is 34.1 Å². The summed E-state index contributed by atoms with van der Waals surface area (Å²) in [6.45, 7) is 8.10. The lowest BCUT2D eigenvalue weighted by Crippen LogP contribution is -2.03. The highest BCUT2D eigenvalue weighted by Gasteiger charge is 1.94. The van der Waals surface area contributed by atoms with E-state index in [0.29, 0.717) is 0 Å². The number of hydrogen-bond donors (Lipinski definition) is 0. The normalized spacial score (nSPS) is 13.1. The van der Waals surface area contributed by atoms with E-state index in [2.05, 4.69) is 13.0 Å². The summed E-state index contributed by atoms with van der Waals surface area (Å²) in [5.41, 5.74) is 0. The maximum atomic E-state index is 5.13. The number of hydrogen-bond acceptors (Lipinski definition) is 1. The van der Waals surface area contributed by atoms with Crippen LogP contribution in [0.2, 0.25) is 0 Å². The first-order chi connectivity index (χ1) is 5.85. The lowest BCUT2D eigenvalue weighted by Gasteiger charge is -2.04. The Hall–Kier alpha value is -0.560. The largest absolute Gasteiger partial charge is 0.377 e. The zero-order chi connectivity index (χ0) is 9.82. The van der Waals surface area contributed by atoms with E-state index < -0.39 is 0 Å². The zero-order valence-electron chi connectivity index (χ0n) is 9.00. The van der Waals surface area contributed by atoms with Gasteiger partial charge in [-0.15, -0.1) is 0 Å². The van der Waals surface area contributed by atoms with Gasteiger partial charge in [0.25, 0.3) is 0 Å². The SMILES string of the molecule is C/C=C\C=C/C(CC)OC.CC. The molecule has 1 atom stereocenters. The van der Waals surface area contributed by atoms with Crippen LogP contribution < -0.4 is 0 Å². The molecule has 1 nitrogen and oxygen atoms in total. The zero-order valence-corrected chi connectivity index (χ0v) is 9.00. The van der Waals surface area contributed by atoms with Gasteiger partial charge in [0.15, 0.2) is 0 Å². The summed E-state index contributed by atoms with van der Waals surface area (Å²) in [6.07, 6.45) is 9.37. The van der Waals surface area contributed by atoms with Crippen LogP contribution in [0.3, 0.4) is 0 Å². The molecule has 0 aliphatic carbocycles. The molecular formula is C11H22O. The van der Waals surface area contributed by atoms with Gasteiger partial charge in [-0.25, -0.2) is 0 Å². The average molecular weight is 170 g/mol. The van der Waals surface area contributed by atoms with Gasteiger partial charge >= 0.3 is 0 Å². The summed E-state index contributed by atoms with van der Waals surface area (Å²) in [5, 5.41) is 0. The molecule has 1 unspecified atom stereocenters. The van der Waals surface area contributed by atoms with E-state index in [1.165, 1.54) is 0 Å². The molecule has 12 heavy (non-hydrogen) atoms. The maximum absolute atomic E-state index is 5.13. The molecule has 0 saturated heterocycles. The highest BCUT2D eigenvalue weighted by Crippen LogP contribution is 1.97. The van der Waals surface area contributed by atoms with Crippen LogP contribution in [-0.4, -0.2) is 13.2 Å². The first-order valence-electron chi connectivity index (χ1n) is 4.67. The third-order valence-corrected chi connectivity index (χ3v) is 1.33. The molecule has 0 aromatic rings. The Morgan fingerprint density at radius 1 is 1.25 bits per heavy atom. The van der Waals surface area contributed by atoms with Gasteiger partial charge in [-0.1, -0.05) is 45.1 Å². The molecule has 0 aliphatic rings. The van der Waals surface area contributed by atoms with E-state index in [4.69, 9.17) is 4.74 Å². The van der Waals surface area contributed by atoms with Crippen LogP contribution in [0.15, 0.2) is 24.3 Å². The third-order valence-electron chi connectivity index (χ3n) is 1.33. The minimum atomic E-state index is 0.274. The molecule has 0 aromatic carbocycles. The Kier molecular flexibility index (Phi) is 15.2. The second-order valence-electron chi connectivity index (χ2n) is 2.09. The molecule has 0 bridgehead atoms. The first kappa shape index (κ1) is 14.0. The van der Waals surface area contributed by atoms with Crippen molar-refractivity contribution in [3.63, 3.8) is 0 Å². The highest BCUT2D eigenvalue weighted by molar-refractivity contribution is 5.03. The fraction of sp³-hybridized carbons (Fsp3) is 0.636. The molecule has 0 heterocycles. The summed E-state index contributed by atoms with van der Waals surface area (Å²) in [5.74, 6) is 0. The van der Waals surface area contributed by atoms with Crippen molar-refractivity contribution < 1.29 is 4.74 Å². The molecule has 72 valence electrons. The van der Waals surface area contributed by atoms with E-state index in [1.807, 2.05) is 39.0 Å². The molecule has 0 aromatic heterocycles. The summed E-state index contributed by atoms with van der Waals surface area (Å²) in [7, 11) is 1.73. The van der Waals surface area contributed by atoms with Crippen LogP contribution in [0.25, 0.3) is 0 Å². The van der Waals surface area contributed by atoms with E-state index in [9.17, 15) is 0 Å². The number of methoxy groups -OCH3 is 1. The van der Waals surface area contributed by atoms with Gasteiger partial charge in [-0.2, -0.15) is 0 Å². The summed E-state index contributed by atoms with van der Waals surface area (Å²) < 4.78 is 5.13. The minimum Gasteiger partial charge on any atom is -0.377 e. The van der Waals surface area contributed by atoms with Crippen molar-refractivity contribution in [3.8, 4) is 0 Å². The van der Waals surface area contributed by atoms with Crippen molar-refractivity contribution in [1.82, 2.24) is 0 Å². The van der Waals surface area contributed by atoms with Gasteiger partial charge in [0.05, 0.1) is 6.10 Å². The summed E-state index contributed by atoms with van der Waals surface area (Å²) in [6, 6.07) is 0. The van der Waals surface area contributed by atoms with E-state index in [-0.39, 0.29) is 6.10 Å². The summed E-state index contributed by atoms with van der Waals surface area (Å²) >= 11 is 0. The molecule has 0 spiro atoms. The van der Waals surface area contributed by atoms with Crippen molar-refractivity contribution in [1.29, 1.82) is 0 Å². The van der Waals surface area contributed by atoms with Crippen LogP contribution in [0.5, 0.6) is 0 Å². The number of ether oxygens (including phenoxy) is 1. The van der Waals surface area contributed by atoms with Crippen LogP contribution in [0.4, 0.5) is 0 Å². The van der Waals surface area contributed by atoms with Crippen LogP contribution >= 0.6 is 0 Å². The lowest BCUT2D eigenvalue weighted by atomic mass is 10.2. The topological polar surface area (TPSA) is 9.23 Å². The predicted octanol–water partition coefficient (Wildman–Crippen LogP) is 3.57. The molecule has 0 radical (unpaired) electrons. The van der Waals surface area contributed by atoms with Gasteiger partial charge in [0.1, 0.15) is 0 Å². The highest BCUT2D eigenvalue weighted by atomic mass is 16.5. The molecule has 0 saturated carbocycles. The van der Waals surface area contributed by atoms with Crippen LogP contribution in [-0.2, 0) is 4.74 Å². The van der Waals surface area contributed by atoms with Crippen molar-refractivity contribution in [2.24, 2.45) is 0 Å². The Balaban J connectivity index is 0. The minimum absolute atomic E-state index is 0.274. The van der Waals surface area contributed by atoms with E-state index in [1.54, 1.807) is 7.11 Å². The van der Waals surface area contributed by atoms with Gasteiger partial charge in [0, 0.05) is 7.11 Å². The second kappa shape index (κ2) is 13.1. The fourth-order valence-electron chi connectivity index (χ4n) is 0.681. The Bertz CT molecular complexity index is 110. The third kappa shape index (κ3) is 9.44. The van der Waals surface area contributed by atoms with Crippen molar-refractivity contribution >= 4 is 0 Å². The van der Waals surface area contributed by atoms with Gasteiger partial charge in [-0.05, 0) is 13.3 Å². The van der Waals surface area contributed by atoms with E-state index >= 15 is 0 Å². The molecule has 0 aliphatic heterocycles. The fourth-order valence-corrected chi connectivity index (χ4v) is 0.681. The molecule has 0 fully saturated rings. The Morgan fingerprint density at radius 3 is 2.17 bits per heavy atom. The standard InChI is InChI=1S/C9H16O.C2H6/c1-4-6-7-8-9(5-2)10-3;1-2/h4,6-9H,5H2,1-3H3;1-2H3/b6-4-,8-7-;. The van der Waals surface area contributed by atoms with Crippen molar-refractivity contribution in [2.45, 2.75) is 40.2 Å². The second-order valence-corrected chi connectivity index (χ2v) is 2.09. The monoisotopic (exact) mass is 170 g/mol.